The van der Waals surface area contributed by atoms with E-state index in [1.165, 1.54) is 25.5 Å². The molecule has 1 amide bonds. The molecule has 0 aliphatic carbocycles. The second-order valence-electron chi connectivity index (χ2n) is 6.67. The number of nitrogens with zero attached hydrogens (tertiary/aromatic N) is 2. The van der Waals surface area contributed by atoms with Crippen molar-refractivity contribution in [2.45, 2.75) is 26.1 Å². The van der Waals surface area contributed by atoms with Gasteiger partial charge in [-0.05, 0) is 26.0 Å². The zero-order valence-corrected chi connectivity index (χ0v) is 15.9. The molecule has 1 aromatic carbocycles. The fraction of sp³-hybridized carbons (Fsp3) is 0.263. The van der Waals surface area contributed by atoms with Gasteiger partial charge in [-0.15, -0.1) is 0 Å². The van der Waals surface area contributed by atoms with Crippen molar-refractivity contribution in [3.63, 3.8) is 0 Å². The zero-order chi connectivity index (χ0) is 21.3. The number of anilines is 1. The molecule has 0 fully saturated rings. The summed E-state index contributed by atoms with van der Waals surface area (Å²) in [6.45, 7) is 3.65. The Morgan fingerprint density at radius 1 is 1.24 bits per heavy atom. The molecule has 0 saturated heterocycles. The molecule has 0 spiro atoms. The summed E-state index contributed by atoms with van der Waals surface area (Å²) in [6, 6.07) is 2.99. The molecule has 0 atom stereocenters. The highest BCUT2D eigenvalue weighted by Crippen LogP contribution is 2.32. The predicted octanol–water partition coefficient (Wildman–Crippen LogP) is 3.57. The summed E-state index contributed by atoms with van der Waals surface area (Å²) in [5.74, 6) is -0.338. The molecule has 3 aromatic rings. The van der Waals surface area contributed by atoms with E-state index in [0.29, 0.717) is 5.65 Å². The van der Waals surface area contributed by atoms with E-state index in [1.807, 2.05) is 13.8 Å². The topological polar surface area (TPSA) is 107 Å². The van der Waals surface area contributed by atoms with Crippen LogP contribution in [0.4, 0.5) is 18.9 Å². The number of benzene rings is 1. The van der Waals surface area contributed by atoms with Gasteiger partial charge in [0.2, 0.25) is 0 Å². The molecule has 0 aliphatic rings. The Morgan fingerprint density at radius 2 is 1.97 bits per heavy atom. The largest absolute Gasteiger partial charge is 0.416 e. The number of nitrogens with one attached hydrogen (secondary N) is 4. The van der Waals surface area contributed by atoms with Crippen molar-refractivity contribution in [3.05, 3.63) is 53.0 Å². The smallest absolute Gasteiger partial charge is 0.388 e. The Kier molecular flexibility index (Phi) is 5.27. The lowest BCUT2D eigenvalue weighted by Crippen LogP contribution is -2.30. The summed E-state index contributed by atoms with van der Waals surface area (Å²) in [7, 11) is 1.47. The molecule has 0 unspecified atom stereocenters. The van der Waals surface area contributed by atoms with Crippen LogP contribution in [0.1, 0.15) is 41.0 Å². The van der Waals surface area contributed by atoms with E-state index >= 15 is 0 Å². The molecule has 0 bridgehead atoms. The van der Waals surface area contributed by atoms with Crippen LogP contribution in [-0.2, 0) is 6.18 Å². The first-order valence-electron chi connectivity index (χ1n) is 8.75. The van der Waals surface area contributed by atoms with Gasteiger partial charge < -0.3 is 15.6 Å². The maximum absolute atomic E-state index is 13.0. The predicted molar refractivity (Wildman–Crippen MR) is 103 cm³/mol. The number of hydrogen-bond donors (Lipinski definition) is 4. The maximum Gasteiger partial charge on any atom is 0.416 e. The van der Waals surface area contributed by atoms with Crippen molar-refractivity contribution in [2.75, 3.05) is 12.4 Å². The molecule has 7 nitrogen and oxygen atoms in total. The summed E-state index contributed by atoms with van der Waals surface area (Å²) in [6.07, 6.45) is -1.68. The van der Waals surface area contributed by atoms with Crippen LogP contribution in [0.3, 0.4) is 0 Å². The molecular formula is C19H19F3N6O. The van der Waals surface area contributed by atoms with Gasteiger partial charge in [0.25, 0.3) is 5.91 Å². The number of hydrogen-bond acceptors (Lipinski definition) is 5. The third-order valence-corrected chi connectivity index (χ3v) is 4.19. The highest BCUT2D eigenvalue weighted by molar-refractivity contribution is 6.14. The van der Waals surface area contributed by atoms with Crippen molar-refractivity contribution >= 4 is 28.5 Å². The van der Waals surface area contributed by atoms with Gasteiger partial charge in [0.05, 0.1) is 23.0 Å². The van der Waals surface area contributed by atoms with Crippen LogP contribution in [0.2, 0.25) is 0 Å². The second-order valence-corrected chi connectivity index (χ2v) is 6.67. The highest BCUT2D eigenvalue weighted by Gasteiger charge is 2.31. The van der Waals surface area contributed by atoms with E-state index < -0.39 is 11.7 Å². The van der Waals surface area contributed by atoms with Crippen LogP contribution in [0.5, 0.6) is 0 Å². The van der Waals surface area contributed by atoms with Crippen LogP contribution in [0.25, 0.3) is 11.2 Å². The van der Waals surface area contributed by atoms with Gasteiger partial charge in [-0.25, -0.2) is 9.97 Å². The van der Waals surface area contributed by atoms with Crippen molar-refractivity contribution in [3.8, 4) is 0 Å². The fourth-order valence-electron chi connectivity index (χ4n) is 2.81. The summed E-state index contributed by atoms with van der Waals surface area (Å²) in [4.78, 5) is 23.7. The zero-order valence-electron chi connectivity index (χ0n) is 15.9. The summed E-state index contributed by atoms with van der Waals surface area (Å²) >= 11 is 0. The molecule has 0 aliphatic heterocycles. The number of fused-ring (bicyclic) bond motifs is 1. The standard InChI is InChI=1S/C19H19F3N6O/c1-9(2)27-18(29)12-7-25-17-16(12)28-14(8-26-17)15(23)11-5-4-10(19(20,21)22)6-13(11)24-3/h4-9,23-24H,1-3H3,(H,25,26)(H,27,29). The monoisotopic (exact) mass is 404 g/mol. The average Bonchev–Trinajstić information content (AvgIpc) is 3.09. The summed E-state index contributed by atoms with van der Waals surface area (Å²) in [5, 5.41) is 13.9. The van der Waals surface area contributed by atoms with Crippen LogP contribution >= 0.6 is 0 Å². The van der Waals surface area contributed by atoms with Crippen molar-refractivity contribution in [1.29, 1.82) is 5.41 Å². The van der Waals surface area contributed by atoms with E-state index in [-0.39, 0.29) is 45.7 Å². The van der Waals surface area contributed by atoms with Gasteiger partial charge in [0.1, 0.15) is 11.2 Å². The molecular weight excluding hydrogens is 385 g/mol. The number of alkyl halides is 3. The van der Waals surface area contributed by atoms with Gasteiger partial charge in [-0.2, -0.15) is 13.2 Å². The van der Waals surface area contributed by atoms with Gasteiger partial charge in [-0.1, -0.05) is 6.07 Å². The lowest BCUT2D eigenvalue weighted by Gasteiger charge is -2.14. The van der Waals surface area contributed by atoms with Crippen molar-refractivity contribution in [1.82, 2.24) is 20.3 Å². The van der Waals surface area contributed by atoms with Gasteiger partial charge in [-0.3, -0.25) is 10.2 Å². The summed E-state index contributed by atoms with van der Waals surface area (Å²) < 4.78 is 38.9. The normalized spacial score (nSPS) is 11.7. The first kappa shape index (κ1) is 20.3. The number of aromatic amines is 1. The van der Waals surface area contributed by atoms with Crippen molar-refractivity contribution in [2.24, 2.45) is 0 Å². The first-order valence-corrected chi connectivity index (χ1v) is 8.75. The average molecular weight is 404 g/mol. The quantitative estimate of drug-likeness (QED) is 0.488. The molecule has 3 rings (SSSR count). The van der Waals surface area contributed by atoms with Crippen LogP contribution in [0.15, 0.2) is 30.6 Å². The van der Waals surface area contributed by atoms with Gasteiger partial charge >= 0.3 is 6.18 Å². The Hall–Kier alpha value is -3.43. The van der Waals surface area contributed by atoms with Gasteiger partial charge in [0.15, 0.2) is 5.65 Å². The minimum atomic E-state index is -4.49. The summed E-state index contributed by atoms with van der Waals surface area (Å²) in [5.41, 5.74) is 0.493. The van der Waals surface area contributed by atoms with Gasteiger partial charge in [0, 0.05) is 30.5 Å². The van der Waals surface area contributed by atoms with E-state index in [9.17, 15) is 18.0 Å². The Balaban J connectivity index is 2.02. The van der Waals surface area contributed by atoms with Crippen LogP contribution in [-0.4, -0.2) is 39.7 Å². The second kappa shape index (κ2) is 7.53. The Morgan fingerprint density at radius 3 is 2.59 bits per heavy atom. The molecule has 2 heterocycles. The first-order chi connectivity index (χ1) is 13.6. The molecule has 2 aromatic heterocycles. The molecule has 29 heavy (non-hydrogen) atoms. The van der Waals surface area contributed by atoms with E-state index in [4.69, 9.17) is 5.41 Å². The van der Waals surface area contributed by atoms with Crippen molar-refractivity contribution < 1.29 is 18.0 Å². The molecule has 10 heteroatoms. The fourth-order valence-corrected chi connectivity index (χ4v) is 2.81. The molecule has 152 valence electrons. The number of aromatic nitrogens is 3. The highest BCUT2D eigenvalue weighted by atomic mass is 19.4. The maximum atomic E-state index is 13.0. The Labute approximate surface area is 164 Å². The molecule has 0 radical (unpaired) electrons. The minimum Gasteiger partial charge on any atom is -0.388 e. The lowest BCUT2D eigenvalue weighted by molar-refractivity contribution is -0.137. The third kappa shape index (κ3) is 4.05. The number of carbonyl (C=O) groups is 1. The SMILES string of the molecule is CNc1cc(C(F)(F)F)ccc1C(=N)c1cnc2[nH]cc(C(=O)NC(C)C)c2n1. The van der Waals surface area contributed by atoms with Crippen LogP contribution in [0, 0.1) is 5.41 Å². The number of halogens is 3. The molecule has 4 N–H and O–H groups in total. The van der Waals surface area contributed by atoms with E-state index in [2.05, 4.69) is 25.6 Å². The lowest BCUT2D eigenvalue weighted by atomic mass is 10.0. The Bertz CT molecular complexity index is 1090. The number of rotatable bonds is 5. The number of amides is 1. The van der Waals surface area contributed by atoms with E-state index in [0.717, 1.165) is 12.1 Å². The minimum absolute atomic E-state index is 0.0766. The molecule has 0 saturated carbocycles. The number of H-pyrrole nitrogens is 1. The van der Waals surface area contributed by atoms with E-state index in [1.54, 1.807) is 0 Å². The third-order valence-electron chi connectivity index (χ3n) is 4.19. The number of carbonyl (C=O) groups excluding carboxylic acids is 1. The van der Waals surface area contributed by atoms with Crippen LogP contribution < -0.4 is 10.6 Å².